The number of allylic oxidation sites excluding steroid dienone is 1. The van der Waals surface area contributed by atoms with Gasteiger partial charge in [-0.2, -0.15) is 0 Å². The molecule has 2 rings (SSSR count). The normalized spacial score (nSPS) is 12.0. The lowest BCUT2D eigenvalue weighted by molar-refractivity contribution is 0.564. The van der Waals surface area contributed by atoms with Crippen LogP contribution >= 0.6 is 0 Å². The van der Waals surface area contributed by atoms with Crippen molar-refractivity contribution in [3.05, 3.63) is 82.4 Å². The number of unbranched alkanes of at least 4 members (excludes halogenated alkanes) is 1. The summed E-state index contributed by atoms with van der Waals surface area (Å²) in [5, 5.41) is 8.79. The van der Waals surface area contributed by atoms with Crippen molar-refractivity contribution in [3.63, 3.8) is 0 Å². The van der Waals surface area contributed by atoms with E-state index in [1.54, 1.807) is 0 Å². The lowest BCUT2D eigenvalue weighted by atomic mass is 9.87. The molecule has 0 unspecified atom stereocenters. The highest BCUT2D eigenvalue weighted by atomic mass is 14.4. The van der Waals surface area contributed by atoms with E-state index in [4.69, 9.17) is 5.41 Å². The number of rotatable bonds is 9. The first-order valence-corrected chi connectivity index (χ1v) is 9.91. The van der Waals surface area contributed by atoms with E-state index in [9.17, 15) is 0 Å². The highest BCUT2D eigenvalue weighted by molar-refractivity contribution is 6.11. The highest BCUT2D eigenvalue weighted by Crippen LogP contribution is 2.24. The van der Waals surface area contributed by atoms with Crippen LogP contribution in [0.2, 0.25) is 0 Å². The molecule has 26 heavy (non-hydrogen) atoms. The number of hydrogen-bond donors (Lipinski definition) is 1. The first kappa shape index (κ1) is 20.2. The number of nitrogens with one attached hydrogen (secondary N) is 1. The van der Waals surface area contributed by atoms with Crippen molar-refractivity contribution >= 4 is 5.71 Å². The third kappa shape index (κ3) is 5.17. The Morgan fingerprint density at radius 2 is 1.77 bits per heavy atom. The van der Waals surface area contributed by atoms with Crippen LogP contribution in [-0.2, 0) is 12.8 Å². The number of aryl methyl sites for hydroxylation is 2. The van der Waals surface area contributed by atoms with Crippen LogP contribution in [0.4, 0.5) is 0 Å². The van der Waals surface area contributed by atoms with Crippen LogP contribution in [0.5, 0.6) is 0 Å². The molecule has 0 bridgehead atoms. The van der Waals surface area contributed by atoms with E-state index in [2.05, 4.69) is 76.7 Å². The molecule has 0 heterocycles. The maximum absolute atomic E-state index is 8.79. The quantitative estimate of drug-likeness (QED) is 0.377. The molecule has 2 aromatic carbocycles. The summed E-state index contributed by atoms with van der Waals surface area (Å²) < 4.78 is 0. The van der Waals surface area contributed by atoms with Gasteiger partial charge in [0.2, 0.25) is 0 Å². The lowest BCUT2D eigenvalue weighted by Crippen LogP contribution is -2.09. The van der Waals surface area contributed by atoms with E-state index in [0.29, 0.717) is 11.6 Å². The molecule has 0 amide bonds. The van der Waals surface area contributed by atoms with Crippen LogP contribution < -0.4 is 0 Å². The predicted molar refractivity (Wildman–Crippen MR) is 114 cm³/mol. The Morgan fingerprint density at radius 3 is 2.38 bits per heavy atom. The number of benzene rings is 2. The fourth-order valence-electron chi connectivity index (χ4n) is 3.24. The molecule has 1 heteroatoms. The topological polar surface area (TPSA) is 23.9 Å². The van der Waals surface area contributed by atoms with E-state index in [1.165, 1.54) is 41.5 Å². The third-order valence-corrected chi connectivity index (χ3v) is 5.30. The molecule has 138 valence electrons. The molecule has 0 aliphatic heterocycles. The molecule has 0 radical (unpaired) electrons. The molecule has 1 nitrogen and oxygen atoms in total. The minimum absolute atomic E-state index is 0.530. The van der Waals surface area contributed by atoms with E-state index >= 15 is 0 Å². The largest absolute Gasteiger partial charge is 0.300 e. The summed E-state index contributed by atoms with van der Waals surface area (Å²) in [6.07, 6.45) is 5.53. The van der Waals surface area contributed by atoms with Crippen LogP contribution in [0, 0.1) is 18.3 Å². The summed E-state index contributed by atoms with van der Waals surface area (Å²) in [7, 11) is 0. The monoisotopic (exact) mass is 347 g/mol. The average molecular weight is 348 g/mol. The Labute approximate surface area is 159 Å². The summed E-state index contributed by atoms with van der Waals surface area (Å²) in [6, 6.07) is 14.9. The van der Waals surface area contributed by atoms with Gasteiger partial charge in [-0.3, -0.25) is 5.41 Å². The zero-order valence-corrected chi connectivity index (χ0v) is 16.9. The SMILES string of the molecule is C=C(Cc1ccc(CC)cc1C(=N)c1ccc(C)cc1)[C@@H](C)CCCC. The van der Waals surface area contributed by atoms with Crippen LogP contribution in [0.15, 0.2) is 54.6 Å². The minimum Gasteiger partial charge on any atom is -0.300 e. The van der Waals surface area contributed by atoms with Crippen molar-refractivity contribution in [1.29, 1.82) is 5.41 Å². The molecule has 0 aromatic heterocycles. The van der Waals surface area contributed by atoms with E-state index in [1.807, 2.05) is 0 Å². The van der Waals surface area contributed by atoms with Crippen LogP contribution in [0.3, 0.4) is 0 Å². The van der Waals surface area contributed by atoms with Gasteiger partial charge in [0.05, 0.1) is 5.71 Å². The Hall–Kier alpha value is -2.15. The van der Waals surface area contributed by atoms with Gasteiger partial charge in [-0.05, 0) is 49.3 Å². The summed E-state index contributed by atoms with van der Waals surface area (Å²) >= 11 is 0. The van der Waals surface area contributed by atoms with Gasteiger partial charge >= 0.3 is 0 Å². The molecule has 0 spiro atoms. The predicted octanol–water partition coefficient (Wildman–Crippen LogP) is 6.90. The molecule has 0 aliphatic rings. The maximum Gasteiger partial charge on any atom is 0.0687 e. The third-order valence-electron chi connectivity index (χ3n) is 5.30. The van der Waals surface area contributed by atoms with Crippen molar-refractivity contribution in [2.24, 2.45) is 5.92 Å². The van der Waals surface area contributed by atoms with Crippen molar-refractivity contribution in [1.82, 2.24) is 0 Å². The second kappa shape index (κ2) is 9.52. The molecule has 0 saturated heterocycles. The first-order valence-electron chi connectivity index (χ1n) is 9.91. The van der Waals surface area contributed by atoms with Crippen molar-refractivity contribution in [2.45, 2.75) is 59.8 Å². The van der Waals surface area contributed by atoms with Gasteiger partial charge in [0.1, 0.15) is 0 Å². The zero-order chi connectivity index (χ0) is 19.1. The molecular weight excluding hydrogens is 314 g/mol. The molecule has 0 aliphatic carbocycles. The summed E-state index contributed by atoms with van der Waals surface area (Å²) in [5.74, 6) is 0.530. The standard InChI is InChI=1S/C25H33N/c1-6-8-9-19(4)20(5)16-23-15-12-21(7-2)17-24(23)25(26)22-13-10-18(3)11-14-22/h10-15,17,19,26H,5-9,16H2,1-4H3/t19-/m0/s1. The van der Waals surface area contributed by atoms with Crippen molar-refractivity contribution in [3.8, 4) is 0 Å². The van der Waals surface area contributed by atoms with Gasteiger partial charge in [-0.25, -0.2) is 0 Å². The highest BCUT2D eigenvalue weighted by Gasteiger charge is 2.14. The Kier molecular flexibility index (Phi) is 7.38. The minimum atomic E-state index is 0.530. The van der Waals surface area contributed by atoms with Gasteiger partial charge in [0.15, 0.2) is 0 Å². The summed E-state index contributed by atoms with van der Waals surface area (Å²) in [6.45, 7) is 13.1. The molecule has 0 fully saturated rings. The van der Waals surface area contributed by atoms with Crippen LogP contribution in [0.1, 0.15) is 67.9 Å². The average Bonchev–Trinajstić information content (AvgIpc) is 2.66. The fraction of sp³-hybridized carbons (Fsp3) is 0.400. The molecule has 1 N–H and O–H groups in total. The molecule has 0 saturated carbocycles. The molecular formula is C25H33N. The first-order chi connectivity index (χ1) is 12.5. The Morgan fingerprint density at radius 1 is 1.08 bits per heavy atom. The molecule has 1 atom stereocenters. The summed E-state index contributed by atoms with van der Waals surface area (Å²) in [5.41, 5.74) is 7.66. The lowest BCUT2D eigenvalue weighted by Gasteiger charge is -2.18. The van der Waals surface area contributed by atoms with Gasteiger partial charge in [-0.15, -0.1) is 0 Å². The van der Waals surface area contributed by atoms with Crippen molar-refractivity contribution < 1.29 is 0 Å². The van der Waals surface area contributed by atoms with Gasteiger partial charge in [0.25, 0.3) is 0 Å². The van der Waals surface area contributed by atoms with E-state index in [-0.39, 0.29) is 0 Å². The zero-order valence-electron chi connectivity index (χ0n) is 16.9. The fourth-order valence-corrected chi connectivity index (χ4v) is 3.24. The van der Waals surface area contributed by atoms with Crippen molar-refractivity contribution in [2.75, 3.05) is 0 Å². The Bertz CT molecular complexity index is 752. The summed E-state index contributed by atoms with van der Waals surface area (Å²) in [4.78, 5) is 0. The van der Waals surface area contributed by atoms with Gasteiger partial charge in [-0.1, -0.05) is 87.7 Å². The van der Waals surface area contributed by atoms with E-state index < -0.39 is 0 Å². The van der Waals surface area contributed by atoms with Crippen LogP contribution in [0.25, 0.3) is 0 Å². The van der Waals surface area contributed by atoms with Gasteiger partial charge < -0.3 is 0 Å². The van der Waals surface area contributed by atoms with E-state index in [0.717, 1.165) is 24.0 Å². The molecule has 2 aromatic rings. The van der Waals surface area contributed by atoms with Crippen LogP contribution in [-0.4, -0.2) is 5.71 Å². The second-order valence-electron chi connectivity index (χ2n) is 7.46. The second-order valence-corrected chi connectivity index (χ2v) is 7.46. The van der Waals surface area contributed by atoms with Gasteiger partial charge in [0, 0.05) is 11.1 Å². The number of hydrogen-bond acceptors (Lipinski definition) is 1. The Balaban J connectivity index is 2.30. The maximum atomic E-state index is 8.79. The smallest absolute Gasteiger partial charge is 0.0687 e.